The van der Waals surface area contributed by atoms with Gasteiger partial charge in [0.05, 0.1) is 5.69 Å². The molecule has 1 fully saturated rings. The topological polar surface area (TPSA) is 137 Å². The molecule has 182 valence electrons. The molecule has 0 radical (unpaired) electrons. The number of rotatable bonds is 9. The molecule has 1 saturated carbocycles. The number of nitrogens with one attached hydrogen (secondary N) is 1. The highest BCUT2D eigenvalue weighted by molar-refractivity contribution is 5.88. The Kier molecular flexibility index (Phi) is 6.86. The zero-order valence-electron chi connectivity index (χ0n) is 19.6. The van der Waals surface area contributed by atoms with E-state index in [1.54, 1.807) is 6.07 Å². The van der Waals surface area contributed by atoms with E-state index in [1.165, 1.54) is 6.20 Å². The summed E-state index contributed by atoms with van der Waals surface area (Å²) in [6.45, 7) is 4.50. The van der Waals surface area contributed by atoms with Crippen LogP contribution >= 0.6 is 0 Å². The number of benzene rings is 2. The molecule has 2 aromatic carbocycles. The molecular formula is C26H28N4O5. The van der Waals surface area contributed by atoms with E-state index in [4.69, 9.17) is 20.3 Å². The lowest BCUT2D eigenvalue weighted by atomic mass is 9.78. The van der Waals surface area contributed by atoms with Crippen molar-refractivity contribution in [1.29, 1.82) is 0 Å². The van der Waals surface area contributed by atoms with Crippen molar-refractivity contribution < 1.29 is 24.2 Å². The number of amides is 2. The number of nitrogens with zero attached hydrogens (tertiary/aromatic N) is 2. The minimum Gasteiger partial charge on any atom is -0.490 e. The van der Waals surface area contributed by atoms with E-state index >= 15 is 0 Å². The van der Waals surface area contributed by atoms with Gasteiger partial charge in [-0.3, -0.25) is 4.79 Å². The minimum atomic E-state index is -0.996. The number of hydrogen-bond donors (Lipinski definition) is 3. The fourth-order valence-electron chi connectivity index (χ4n) is 3.98. The maximum Gasteiger partial charge on any atom is 0.404 e. The third kappa shape index (κ3) is 5.87. The fourth-order valence-corrected chi connectivity index (χ4v) is 3.98. The lowest BCUT2D eigenvalue weighted by molar-refractivity contribution is 0.0833. The molecule has 1 aliphatic carbocycles. The summed E-state index contributed by atoms with van der Waals surface area (Å²) in [5.74, 6) is 0.745. The Morgan fingerprint density at radius 2 is 1.63 bits per heavy atom. The van der Waals surface area contributed by atoms with Crippen LogP contribution in [0.2, 0.25) is 0 Å². The molecule has 0 unspecified atom stereocenters. The highest BCUT2D eigenvalue weighted by atomic mass is 16.5. The Morgan fingerprint density at radius 1 is 1.03 bits per heavy atom. The van der Waals surface area contributed by atoms with Crippen LogP contribution in [0.4, 0.5) is 4.79 Å². The van der Waals surface area contributed by atoms with Gasteiger partial charge in [-0.15, -0.1) is 0 Å². The van der Waals surface area contributed by atoms with Crippen molar-refractivity contribution in [3.8, 4) is 11.5 Å². The first-order valence-electron chi connectivity index (χ1n) is 11.3. The van der Waals surface area contributed by atoms with E-state index in [-0.39, 0.29) is 30.0 Å². The van der Waals surface area contributed by atoms with Gasteiger partial charge in [-0.2, -0.15) is 0 Å². The summed E-state index contributed by atoms with van der Waals surface area (Å²) in [5.41, 5.74) is 7.80. The number of carboxylic acid groups (broad SMARTS) is 1. The SMILES string of the molecule is CC(C)(c1ccc(OCc2ccnc(C(N)=O)n2)cc1)c1ccc(OC2CC(NC(=O)O)C2)cc1. The summed E-state index contributed by atoms with van der Waals surface area (Å²) in [4.78, 5) is 29.8. The Hall–Kier alpha value is -4.14. The van der Waals surface area contributed by atoms with Crippen molar-refractivity contribution in [2.24, 2.45) is 5.73 Å². The smallest absolute Gasteiger partial charge is 0.404 e. The van der Waals surface area contributed by atoms with Crippen LogP contribution in [-0.2, 0) is 12.0 Å². The van der Waals surface area contributed by atoms with E-state index in [1.807, 2.05) is 36.4 Å². The molecule has 0 spiro atoms. The molecule has 1 aromatic heterocycles. The molecule has 0 aliphatic heterocycles. The second kappa shape index (κ2) is 10.0. The molecule has 9 nitrogen and oxygen atoms in total. The first-order chi connectivity index (χ1) is 16.7. The van der Waals surface area contributed by atoms with Gasteiger partial charge in [-0.1, -0.05) is 38.1 Å². The Balaban J connectivity index is 1.34. The van der Waals surface area contributed by atoms with Crippen LogP contribution in [0.3, 0.4) is 0 Å². The van der Waals surface area contributed by atoms with Crippen molar-refractivity contribution in [2.75, 3.05) is 0 Å². The van der Waals surface area contributed by atoms with Gasteiger partial charge in [0.15, 0.2) is 0 Å². The van der Waals surface area contributed by atoms with Gasteiger partial charge in [0, 0.05) is 30.5 Å². The number of carbonyl (C=O) groups excluding carboxylic acids is 1. The Morgan fingerprint density at radius 3 is 2.20 bits per heavy atom. The molecule has 35 heavy (non-hydrogen) atoms. The summed E-state index contributed by atoms with van der Waals surface area (Å²) in [6.07, 6.45) is 1.87. The number of nitrogens with two attached hydrogens (primary N) is 1. The molecule has 4 N–H and O–H groups in total. The van der Waals surface area contributed by atoms with Crippen LogP contribution in [0.15, 0.2) is 60.8 Å². The molecule has 1 heterocycles. The second-order valence-corrected chi connectivity index (χ2v) is 9.06. The van der Waals surface area contributed by atoms with E-state index in [2.05, 4.69) is 41.3 Å². The van der Waals surface area contributed by atoms with E-state index in [0.717, 1.165) is 16.9 Å². The molecule has 3 aromatic rings. The van der Waals surface area contributed by atoms with Gasteiger partial charge < -0.3 is 25.6 Å². The van der Waals surface area contributed by atoms with E-state index < -0.39 is 12.0 Å². The summed E-state index contributed by atoms with van der Waals surface area (Å²) in [7, 11) is 0. The summed E-state index contributed by atoms with van der Waals surface area (Å²) >= 11 is 0. The van der Waals surface area contributed by atoms with E-state index in [0.29, 0.717) is 24.3 Å². The number of ether oxygens (including phenoxy) is 2. The van der Waals surface area contributed by atoms with Crippen molar-refractivity contribution in [3.05, 3.63) is 83.4 Å². The largest absolute Gasteiger partial charge is 0.490 e. The minimum absolute atomic E-state index is 0.0305. The maximum absolute atomic E-state index is 11.2. The van der Waals surface area contributed by atoms with Gasteiger partial charge in [0.2, 0.25) is 5.82 Å². The molecule has 1 aliphatic rings. The first kappa shape index (κ1) is 24.0. The summed E-state index contributed by atoms with van der Waals surface area (Å²) in [5, 5.41) is 11.2. The third-order valence-corrected chi connectivity index (χ3v) is 6.20. The van der Waals surface area contributed by atoms with Crippen LogP contribution in [0, 0.1) is 0 Å². The Labute approximate surface area is 203 Å². The van der Waals surface area contributed by atoms with Crippen molar-refractivity contribution in [3.63, 3.8) is 0 Å². The van der Waals surface area contributed by atoms with Gasteiger partial charge in [0.25, 0.3) is 5.91 Å². The average molecular weight is 477 g/mol. The van der Waals surface area contributed by atoms with Crippen LogP contribution in [0.1, 0.15) is 54.1 Å². The van der Waals surface area contributed by atoms with Gasteiger partial charge in [0.1, 0.15) is 24.2 Å². The zero-order valence-corrected chi connectivity index (χ0v) is 19.6. The van der Waals surface area contributed by atoms with Gasteiger partial charge in [-0.25, -0.2) is 14.8 Å². The predicted molar refractivity (Wildman–Crippen MR) is 128 cm³/mol. The van der Waals surface area contributed by atoms with Crippen molar-refractivity contribution in [2.45, 2.75) is 50.9 Å². The highest BCUT2D eigenvalue weighted by Crippen LogP contribution is 2.34. The van der Waals surface area contributed by atoms with Crippen LogP contribution in [-0.4, -0.2) is 39.2 Å². The summed E-state index contributed by atoms with van der Waals surface area (Å²) < 4.78 is 11.8. The molecule has 0 saturated heterocycles. The zero-order chi connectivity index (χ0) is 25.0. The molecule has 4 rings (SSSR count). The number of primary amides is 1. The highest BCUT2D eigenvalue weighted by Gasteiger charge is 2.32. The lowest BCUT2D eigenvalue weighted by Crippen LogP contribution is -2.48. The molecule has 0 atom stereocenters. The number of hydrogen-bond acceptors (Lipinski definition) is 6. The third-order valence-electron chi connectivity index (χ3n) is 6.20. The standard InChI is InChI=1S/C26H28N4O5/c1-26(2,17-5-9-21(10-6-17)35-22-13-19(14-22)30-25(32)33)16-3-7-20(8-4-16)34-15-18-11-12-28-24(29-18)23(27)31/h3-12,19,22,30H,13-15H2,1-2H3,(H2,27,31)(H,32,33). The second-order valence-electron chi connectivity index (χ2n) is 9.06. The van der Waals surface area contributed by atoms with Crippen molar-refractivity contribution in [1.82, 2.24) is 15.3 Å². The number of carbonyl (C=O) groups is 2. The normalized spacial score (nSPS) is 17.2. The van der Waals surface area contributed by atoms with Crippen LogP contribution < -0.4 is 20.5 Å². The fraction of sp³-hybridized carbons (Fsp3) is 0.308. The number of aromatic nitrogens is 2. The Bertz CT molecular complexity index is 1190. The molecule has 2 amide bonds. The molecule has 0 bridgehead atoms. The van der Waals surface area contributed by atoms with Crippen LogP contribution in [0.5, 0.6) is 11.5 Å². The lowest BCUT2D eigenvalue weighted by Gasteiger charge is -2.35. The van der Waals surface area contributed by atoms with Crippen molar-refractivity contribution >= 4 is 12.0 Å². The molecule has 9 heteroatoms. The monoisotopic (exact) mass is 476 g/mol. The summed E-state index contributed by atoms with van der Waals surface area (Å²) in [6, 6.07) is 17.5. The quantitative estimate of drug-likeness (QED) is 0.429. The van der Waals surface area contributed by atoms with Gasteiger partial charge in [-0.05, 0) is 41.5 Å². The maximum atomic E-state index is 11.2. The first-order valence-corrected chi connectivity index (χ1v) is 11.3. The molecular weight excluding hydrogens is 448 g/mol. The van der Waals surface area contributed by atoms with Crippen LogP contribution in [0.25, 0.3) is 0 Å². The average Bonchev–Trinajstić information content (AvgIpc) is 2.82. The predicted octanol–water partition coefficient (Wildman–Crippen LogP) is 3.66. The van der Waals surface area contributed by atoms with Gasteiger partial charge >= 0.3 is 6.09 Å². The van der Waals surface area contributed by atoms with E-state index in [9.17, 15) is 9.59 Å².